The summed E-state index contributed by atoms with van der Waals surface area (Å²) in [5, 5.41) is 40.6. The maximum absolute atomic E-state index is 13.2. The van der Waals surface area contributed by atoms with Gasteiger partial charge in [-0.25, -0.2) is 4.39 Å². The van der Waals surface area contributed by atoms with E-state index in [0.29, 0.717) is 17.0 Å². The molecule has 0 radical (unpaired) electrons. The van der Waals surface area contributed by atoms with Gasteiger partial charge >= 0.3 is 0 Å². The molecule has 1 saturated heterocycles. The second-order valence-corrected chi connectivity index (χ2v) is 8.98. The molecule has 5 atom stereocenters. The van der Waals surface area contributed by atoms with E-state index in [-0.39, 0.29) is 19.0 Å². The maximum Gasteiger partial charge on any atom is 0.168 e. The van der Waals surface area contributed by atoms with Gasteiger partial charge < -0.3 is 25.2 Å². The molecule has 2 aliphatic heterocycles. The van der Waals surface area contributed by atoms with E-state index in [4.69, 9.17) is 16.3 Å². The number of halogens is 2. The number of benzene rings is 2. The lowest BCUT2D eigenvalue weighted by Gasteiger charge is -2.45. The molecule has 2 aromatic carbocycles. The van der Waals surface area contributed by atoms with Gasteiger partial charge in [-0.3, -0.25) is 0 Å². The molecule has 1 spiro atoms. The van der Waals surface area contributed by atoms with E-state index >= 15 is 0 Å². The summed E-state index contributed by atoms with van der Waals surface area (Å²) in [7, 11) is 0. The van der Waals surface area contributed by atoms with Crippen molar-refractivity contribution in [3.63, 3.8) is 0 Å². The molecule has 4 rings (SSSR count). The van der Waals surface area contributed by atoms with E-state index in [2.05, 4.69) is 0 Å². The first-order chi connectivity index (χ1) is 13.4. The number of aliphatic hydroxyl groups is 4. The first kappa shape index (κ1) is 20.1. The van der Waals surface area contributed by atoms with Crippen molar-refractivity contribution in [2.45, 2.75) is 41.5 Å². The van der Waals surface area contributed by atoms with Gasteiger partial charge in [0.15, 0.2) is 4.93 Å². The fourth-order valence-electron chi connectivity index (χ4n) is 3.81. The second kappa shape index (κ2) is 7.57. The molecule has 8 heteroatoms. The van der Waals surface area contributed by atoms with Crippen molar-refractivity contribution in [3.8, 4) is 0 Å². The van der Waals surface area contributed by atoms with Crippen molar-refractivity contribution < 1.29 is 29.6 Å². The molecular formula is C20H20ClFO5S. The zero-order valence-electron chi connectivity index (χ0n) is 14.8. The summed E-state index contributed by atoms with van der Waals surface area (Å²) in [6, 6.07) is 9.71. The minimum Gasteiger partial charge on any atom is -0.395 e. The number of rotatable bonds is 3. The number of ether oxygens (including phenoxy) is 1. The van der Waals surface area contributed by atoms with Crippen LogP contribution in [0.15, 0.2) is 36.4 Å². The average Bonchev–Trinajstić information content (AvgIpc) is 3.03. The molecule has 2 aromatic rings. The van der Waals surface area contributed by atoms with Crippen LogP contribution in [0.4, 0.5) is 4.39 Å². The highest BCUT2D eigenvalue weighted by molar-refractivity contribution is 8.00. The third-order valence-electron chi connectivity index (χ3n) is 5.35. The molecule has 2 heterocycles. The van der Waals surface area contributed by atoms with E-state index in [1.807, 2.05) is 6.07 Å². The number of hydrogen-bond donors (Lipinski definition) is 4. The third kappa shape index (κ3) is 3.25. The van der Waals surface area contributed by atoms with Gasteiger partial charge in [0.2, 0.25) is 0 Å². The monoisotopic (exact) mass is 426 g/mol. The van der Waals surface area contributed by atoms with Gasteiger partial charge in [-0.15, -0.1) is 11.8 Å². The predicted molar refractivity (Wildman–Crippen MR) is 104 cm³/mol. The largest absolute Gasteiger partial charge is 0.395 e. The van der Waals surface area contributed by atoms with Gasteiger partial charge in [-0.1, -0.05) is 23.7 Å². The summed E-state index contributed by atoms with van der Waals surface area (Å²) >= 11 is 7.53. The molecule has 5 nitrogen and oxygen atoms in total. The van der Waals surface area contributed by atoms with Crippen molar-refractivity contribution in [2.75, 3.05) is 6.61 Å². The van der Waals surface area contributed by atoms with E-state index < -0.39 is 28.5 Å². The lowest BCUT2D eigenvalue weighted by molar-refractivity contribution is -0.147. The molecule has 0 bridgehead atoms. The van der Waals surface area contributed by atoms with Gasteiger partial charge in [-0.05, 0) is 47.4 Å². The molecule has 0 amide bonds. The van der Waals surface area contributed by atoms with Gasteiger partial charge in [0.25, 0.3) is 0 Å². The van der Waals surface area contributed by atoms with Crippen LogP contribution in [-0.4, -0.2) is 50.6 Å². The lowest BCUT2D eigenvalue weighted by atomic mass is 9.91. The Hall–Kier alpha value is -1.19. The molecule has 150 valence electrons. The zero-order chi connectivity index (χ0) is 20.1. The molecule has 0 saturated carbocycles. The smallest absolute Gasteiger partial charge is 0.168 e. The molecular weight excluding hydrogens is 407 g/mol. The molecule has 4 N–H and O–H groups in total. The lowest BCUT2D eigenvalue weighted by Crippen LogP contribution is -2.58. The summed E-state index contributed by atoms with van der Waals surface area (Å²) in [6.45, 7) is -0.178. The third-order valence-corrected chi connectivity index (χ3v) is 7.36. The van der Waals surface area contributed by atoms with Gasteiger partial charge in [-0.2, -0.15) is 0 Å². The number of fused-ring (bicyclic) bond motifs is 2. The van der Waals surface area contributed by atoms with E-state index in [9.17, 15) is 24.8 Å². The van der Waals surface area contributed by atoms with Crippen LogP contribution in [0.1, 0.15) is 22.3 Å². The average molecular weight is 427 g/mol. The maximum atomic E-state index is 13.2. The van der Waals surface area contributed by atoms with Gasteiger partial charge in [0, 0.05) is 10.6 Å². The summed E-state index contributed by atoms with van der Waals surface area (Å²) in [5.74, 6) is -0.319. The first-order valence-electron chi connectivity index (χ1n) is 8.89. The van der Waals surface area contributed by atoms with Crippen LogP contribution >= 0.6 is 23.4 Å². The Balaban J connectivity index is 1.73. The number of thioether (sulfide) groups is 1. The Bertz CT molecular complexity index is 878. The van der Waals surface area contributed by atoms with Crippen molar-refractivity contribution in [3.05, 3.63) is 69.5 Å². The van der Waals surface area contributed by atoms with Crippen molar-refractivity contribution in [1.82, 2.24) is 0 Å². The van der Waals surface area contributed by atoms with Gasteiger partial charge in [0.05, 0.1) is 24.6 Å². The molecule has 2 aliphatic rings. The van der Waals surface area contributed by atoms with Crippen LogP contribution in [0.5, 0.6) is 0 Å². The highest BCUT2D eigenvalue weighted by Gasteiger charge is 2.57. The highest BCUT2D eigenvalue weighted by Crippen LogP contribution is 2.54. The van der Waals surface area contributed by atoms with Crippen LogP contribution in [-0.2, 0) is 22.7 Å². The fraction of sp³-hybridized carbons (Fsp3) is 0.400. The van der Waals surface area contributed by atoms with Crippen LogP contribution in [0, 0.1) is 5.82 Å². The Morgan fingerprint density at radius 2 is 1.86 bits per heavy atom. The normalized spacial score (nSPS) is 31.9. The summed E-state index contributed by atoms with van der Waals surface area (Å²) in [5.41, 5.74) is 3.08. The van der Waals surface area contributed by atoms with Crippen LogP contribution in [0.25, 0.3) is 0 Å². The zero-order valence-corrected chi connectivity index (χ0v) is 16.3. The minimum absolute atomic E-state index is 0.191. The molecule has 0 aromatic heterocycles. The fourth-order valence-corrected chi connectivity index (χ4v) is 5.61. The summed E-state index contributed by atoms with van der Waals surface area (Å²) in [4.78, 5) is -1.30. The minimum atomic E-state index is -1.46. The highest BCUT2D eigenvalue weighted by atomic mass is 35.5. The van der Waals surface area contributed by atoms with Crippen LogP contribution < -0.4 is 0 Å². The van der Waals surface area contributed by atoms with Crippen molar-refractivity contribution >= 4 is 23.4 Å². The molecule has 0 unspecified atom stereocenters. The van der Waals surface area contributed by atoms with E-state index in [1.54, 1.807) is 18.2 Å². The molecule has 1 fully saturated rings. The Labute approximate surface area is 170 Å². The Morgan fingerprint density at radius 1 is 1.14 bits per heavy atom. The van der Waals surface area contributed by atoms with Crippen LogP contribution in [0.2, 0.25) is 5.02 Å². The number of aliphatic hydroxyl groups excluding tert-OH is 4. The van der Waals surface area contributed by atoms with Crippen molar-refractivity contribution in [1.29, 1.82) is 0 Å². The van der Waals surface area contributed by atoms with E-state index in [1.165, 1.54) is 12.1 Å². The van der Waals surface area contributed by atoms with Crippen LogP contribution in [0.3, 0.4) is 0 Å². The Morgan fingerprint density at radius 3 is 2.54 bits per heavy atom. The SMILES string of the molecule is OC[C@H]1S[C@]2(OCc3cc(Cl)c(Cc4ccc(F)cc4)cc32)[C@H](O)[C@@H](O)[C@@H]1O. The molecule has 28 heavy (non-hydrogen) atoms. The van der Waals surface area contributed by atoms with Gasteiger partial charge in [0.1, 0.15) is 18.0 Å². The van der Waals surface area contributed by atoms with E-state index in [0.717, 1.165) is 28.5 Å². The number of hydrogen-bond acceptors (Lipinski definition) is 6. The molecule has 0 aliphatic carbocycles. The summed E-state index contributed by atoms with van der Waals surface area (Å²) < 4.78 is 19.1. The predicted octanol–water partition coefficient (Wildman–Crippen LogP) is 1.94. The topological polar surface area (TPSA) is 90.2 Å². The quantitative estimate of drug-likeness (QED) is 0.600. The first-order valence-corrected chi connectivity index (χ1v) is 10.1. The van der Waals surface area contributed by atoms with Crippen molar-refractivity contribution in [2.24, 2.45) is 0 Å². The summed E-state index contributed by atoms with van der Waals surface area (Å²) in [6.07, 6.45) is -3.65. The second-order valence-electron chi connectivity index (χ2n) is 7.13. The Kier molecular flexibility index (Phi) is 5.43. The standard InChI is InChI=1S/C20H20ClFO5S/c21-15-7-12-9-27-20(19(26)18(25)17(24)16(8-23)28-20)14(12)6-11(15)5-10-1-3-13(22)4-2-10/h1-4,6-7,16-19,23-26H,5,8-9H2/t16-,17-,18+,19-,20+/m1/s1.